The predicted molar refractivity (Wildman–Crippen MR) is 67.4 cm³/mol. The molecule has 0 atom stereocenters. The van der Waals surface area contributed by atoms with Gasteiger partial charge in [-0.2, -0.15) is 0 Å². The maximum absolute atomic E-state index is 11.6. The molecule has 1 aromatic rings. The summed E-state index contributed by atoms with van der Waals surface area (Å²) >= 11 is 0. The third-order valence-corrected chi connectivity index (χ3v) is 3.18. The highest BCUT2D eigenvalue weighted by Crippen LogP contribution is 2.29. The third kappa shape index (κ3) is 1.86. The highest BCUT2D eigenvalue weighted by atomic mass is 16.2. The topological polar surface area (TPSA) is 53.2 Å². The van der Waals surface area contributed by atoms with Crippen LogP contribution in [-0.2, 0) is 0 Å². The molecule has 1 saturated heterocycles. The Hall–Kier alpha value is -1.97. The fraction of sp³-hybridized carbons (Fsp3) is 0.308. The summed E-state index contributed by atoms with van der Waals surface area (Å²) in [6, 6.07) is 7.72. The summed E-state index contributed by atoms with van der Waals surface area (Å²) in [6.07, 6.45) is 3.38. The van der Waals surface area contributed by atoms with Crippen molar-refractivity contribution < 1.29 is 4.79 Å². The number of benzene rings is 1. The number of allylic oxidation sites excluding steroid dienone is 1. The van der Waals surface area contributed by atoms with E-state index in [0.29, 0.717) is 0 Å². The minimum atomic E-state index is -0.154. The fourth-order valence-corrected chi connectivity index (χ4v) is 2.35. The van der Waals surface area contributed by atoms with Crippen LogP contribution in [0.1, 0.15) is 24.8 Å². The number of piperidine rings is 1. The smallest absolute Gasteiger partial charge is 0.323 e. The van der Waals surface area contributed by atoms with E-state index < -0.39 is 0 Å². The van der Waals surface area contributed by atoms with E-state index >= 15 is 0 Å². The Kier molecular flexibility index (Phi) is 2.48. The molecule has 1 aromatic carbocycles. The number of anilines is 1. The molecule has 2 aliphatic rings. The monoisotopic (exact) mass is 229 g/mol. The molecule has 0 saturated carbocycles. The fourth-order valence-electron chi connectivity index (χ4n) is 2.35. The Labute approximate surface area is 100 Å². The number of urea groups is 1. The van der Waals surface area contributed by atoms with Gasteiger partial charge >= 0.3 is 6.03 Å². The zero-order chi connectivity index (χ0) is 11.7. The first kappa shape index (κ1) is 10.2. The Morgan fingerprint density at radius 2 is 1.94 bits per heavy atom. The molecular formula is C13H15N3O. The van der Waals surface area contributed by atoms with Crippen molar-refractivity contribution in [3.8, 4) is 0 Å². The van der Waals surface area contributed by atoms with Gasteiger partial charge in [-0.05, 0) is 25.3 Å². The molecule has 4 heteroatoms. The molecule has 3 N–H and O–H groups in total. The molecule has 0 aromatic heterocycles. The van der Waals surface area contributed by atoms with E-state index in [2.05, 4.69) is 16.0 Å². The van der Waals surface area contributed by atoms with Crippen molar-refractivity contribution >= 4 is 17.4 Å². The molecule has 1 fully saturated rings. The number of rotatable bonds is 0. The van der Waals surface area contributed by atoms with Crippen LogP contribution in [0, 0.1) is 0 Å². The average Bonchev–Trinajstić information content (AvgIpc) is 2.39. The zero-order valence-electron chi connectivity index (χ0n) is 9.55. The van der Waals surface area contributed by atoms with E-state index in [0.717, 1.165) is 35.6 Å². The lowest BCUT2D eigenvalue weighted by molar-refractivity contribution is 0.255. The lowest BCUT2D eigenvalue weighted by Crippen LogP contribution is -2.35. The highest BCUT2D eigenvalue weighted by Gasteiger charge is 2.22. The van der Waals surface area contributed by atoms with E-state index in [4.69, 9.17) is 0 Å². The third-order valence-electron chi connectivity index (χ3n) is 3.18. The largest absolute Gasteiger partial charge is 0.387 e. The van der Waals surface area contributed by atoms with Crippen LogP contribution in [0.2, 0.25) is 0 Å². The number of para-hydroxylation sites is 1. The molecule has 0 bridgehead atoms. The van der Waals surface area contributed by atoms with E-state index in [-0.39, 0.29) is 6.03 Å². The number of carbonyl (C=O) groups is 1. The van der Waals surface area contributed by atoms with Gasteiger partial charge < -0.3 is 16.0 Å². The first-order valence-electron chi connectivity index (χ1n) is 5.99. The Morgan fingerprint density at radius 1 is 1.06 bits per heavy atom. The molecule has 88 valence electrons. The van der Waals surface area contributed by atoms with Crippen LogP contribution in [0.15, 0.2) is 30.0 Å². The van der Waals surface area contributed by atoms with Gasteiger partial charge in [0.1, 0.15) is 0 Å². The van der Waals surface area contributed by atoms with Gasteiger partial charge in [0, 0.05) is 17.8 Å². The van der Waals surface area contributed by atoms with Gasteiger partial charge in [0.15, 0.2) is 0 Å². The second-order valence-electron chi connectivity index (χ2n) is 4.36. The van der Waals surface area contributed by atoms with Crippen molar-refractivity contribution in [1.29, 1.82) is 0 Å². The molecule has 0 radical (unpaired) electrons. The van der Waals surface area contributed by atoms with Crippen molar-refractivity contribution in [2.75, 3.05) is 11.9 Å². The number of amides is 2. The van der Waals surface area contributed by atoms with Gasteiger partial charge in [-0.1, -0.05) is 18.2 Å². The molecule has 4 nitrogen and oxygen atoms in total. The molecule has 2 aliphatic heterocycles. The quantitative estimate of drug-likeness (QED) is 0.639. The van der Waals surface area contributed by atoms with E-state index in [1.54, 1.807) is 0 Å². The number of carbonyl (C=O) groups excluding carboxylic acids is 1. The van der Waals surface area contributed by atoms with Crippen molar-refractivity contribution in [3.63, 3.8) is 0 Å². The molecule has 0 unspecified atom stereocenters. The highest BCUT2D eigenvalue weighted by molar-refractivity contribution is 6.03. The van der Waals surface area contributed by atoms with Crippen molar-refractivity contribution in [3.05, 3.63) is 35.5 Å². The van der Waals surface area contributed by atoms with Crippen molar-refractivity contribution in [1.82, 2.24) is 10.6 Å². The molecular weight excluding hydrogens is 214 g/mol. The Balaban J connectivity index is 2.08. The summed E-state index contributed by atoms with van der Waals surface area (Å²) in [5.41, 5.74) is 4.03. The van der Waals surface area contributed by atoms with Crippen LogP contribution in [0.3, 0.4) is 0 Å². The van der Waals surface area contributed by atoms with Gasteiger partial charge in [0.25, 0.3) is 0 Å². The van der Waals surface area contributed by atoms with E-state index in [1.807, 2.05) is 24.3 Å². The van der Waals surface area contributed by atoms with Gasteiger partial charge in [-0.15, -0.1) is 0 Å². The Morgan fingerprint density at radius 3 is 2.76 bits per heavy atom. The number of hydrogen-bond acceptors (Lipinski definition) is 2. The molecule has 3 rings (SSSR count). The van der Waals surface area contributed by atoms with Gasteiger partial charge in [-0.3, -0.25) is 0 Å². The van der Waals surface area contributed by atoms with Crippen LogP contribution in [-0.4, -0.2) is 12.6 Å². The lowest BCUT2D eigenvalue weighted by Gasteiger charge is -2.26. The minimum Gasteiger partial charge on any atom is -0.387 e. The summed E-state index contributed by atoms with van der Waals surface area (Å²) in [5, 5.41) is 9.11. The maximum Gasteiger partial charge on any atom is 0.323 e. The second-order valence-corrected chi connectivity index (χ2v) is 4.36. The molecule has 0 spiro atoms. The number of fused-ring (bicyclic) bond motifs is 1. The number of nitrogens with one attached hydrogen (secondary N) is 3. The standard InChI is InChI=1S/C13H15N3O/c17-13-15-10-6-2-1-5-9(10)12(16-13)11-7-3-4-8-14-11/h1-2,5-6,14H,3-4,7-8H2,(H2,15,16,17)/b12-11-. The minimum absolute atomic E-state index is 0.154. The molecule has 2 amide bonds. The van der Waals surface area contributed by atoms with Crippen LogP contribution in [0.25, 0.3) is 5.70 Å². The van der Waals surface area contributed by atoms with Gasteiger partial charge in [0.2, 0.25) is 0 Å². The maximum atomic E-state index is 11.6. The molecule has 0 aliphatic carbocycles. The average molecular weight is 229 g/mol. The van der Waals surface area contributed by atoms with Gasteiger partial charge in [-0.25, -0.2) is 4.79 Å². The van der Waals surface area contributed by atoms with E-state index in [1.165, 1.54) is 12.8 Å². The summed E-state index contributed by atoms with van der Waals surface area (Å²) in [5.74, 6) is 0. The van der Waals surface area contributed by atoms with E-state index in [9.17, 15) is 4.79 Å². The van der Waals surface area contributed by atoms with Crippen LogP contribution in [0.4, 0.5) is 10.5 Å². The first-order valence-corrected chi connectivity index (χ1v) is 5.99. The van der Waals surface area contributed by atoms with Crippen LogP contribution in [0.5, 0.6) is 0 Å². The number of hydrogen-bond donors (Lipinski definition) is 3. The molecule has 17 heavy (non-hydrogen) atoms. The predicted octanol–water partition coefficient (Wildman–Crippen LogP) is 2.26. The molecule has 2 heterocycles. The first-order chi connectivity index (χ1) is 8.34. The van der Waals surface area contributed by atoms with Gasteiger partial charge in [0.05, 0.1) is 11.4 Å². The summed E-state index contributed by atoms with van der Waals surface area (Å²) in [7, 11) is 0. The van der Waals surface area contributed by atoms with Crippen molar-refractivity contribution in [2.45, 2.75) is 19.3 Å². The van der Waals surface area contributed by atoms with Crippen LogP contribution < -0.4 is 16.0 Å². The summed E-state index contributed by atoms with van der Waals surface area (Å²) in [6.45, 7) is 0.990. The second kappa shape index (κ2) is 4.13. The SMILES string of the molecule is O=C1N/C(=C2/CCCCN2)c2ccccc2N1. The summed E-state index contributed by atoms with van der Waals surface area (Å²) in [4.78, 5) is 11.6. The van der Waals surface area contributed by atoms with Crippen molar-refractivity contribution in [2.24, 2.45) is 0 Å². The lowest BCUT2D eigenvalue weighted by atomic mass is 10.0. The Bertz CT molecular complexity index is 485. The zero-order valence-corrected chi connectivity index (χ0v) is 9.55. The summed E-state index contributed by atoms with van der Waals surface area (Å²) < 4.78 is 0. The van der Waals surface area contributed by atoms with Crippen LogP contribution >= 0.6 is 0 Å². The normalized spacial score (nSPS) is 23.2.